The van der Waals surface area contributed by atoms with Crippen LogP contribution in [-0.4, -0.2) is 34.2 Å². The lowest BCUT2D eigenvalue weighted by atomic mass is 10.1. The van der Waals surface area contributed by atoms with Crippen molar-refractivity contribution in [1.29, 1.82) is 5.26 Å². The first kappa shape index (κ1) is 23.8. The number of benzene rings is 2. The number of furan rings is 1. The molecule has 3 heterocycles. The molecule has 0 atom stereocenters. The quantitative estimate of drug-likeness (QED) is 0.284. The predicted octanol–water partition coefficient (Wildman–Crippen LogP) is 6.79. The Morgan fingerprint density at radius 2 is 2.00 bits per heavy atom. The molecule has 0 aliphatic carbocycles. The zero-order chi connectivity index (χ0) is 24.5. The van der Waals surface area contributed by atoms with Gasteiger partial charge in [-0.2, -0.15) is 5.26 Å². The molecule has 0 unspecified atom stereocenters. The minimum absolute atomic E-state index is 0.187. The summed E-state index contributed by atoms with van der Waals surface area (Å²) in [6.07, 6.45) is 2.99. The lowest BCUT2D eigenvalue weighted by Gasteiger charge is -2.28. The molecule has 0 radical (unpaired) electrons. The second-order valence-electron chi connectivity index (χ2n) is 8.87. The van der Waals surface area contributed by atoms with Gasteiger partial charge >= 0.3 is 0 Å². The van der Waals surface area contributed by atoms with Gasteiger partial charge in [-0.05, 0) is 61.7 Å². The van der Waals surface area contributed by atoms with E-state index in [0.717, 1.165) is 76.2 Å². The van der Waals surface area contributed by atoms with Gasteiger partial charge in [0.25, 0.3) is 0 Å². The summed E-state index contributed by atoms with van der Waals surface area (Å²) in [4.78, 5) is 6.83. The van der Waals surface area contributed by atoms with Crippen LogP contribution in [-0.2, 0) is 6.54 Å². The molecule has 1 saturated heterocycles. The highest BCUT2D eigenvalue weighted by Gasteiger charge is 2.19. The molecule has 2 aromatic heterocycles. The molecule has 0 bridgehead atoms. The number of pyridine rings is 1. The van der Waals surface area contributed by atoms with E-state index in [1.54, 1.807) is 6.20 Å². The molecule has 8 heteroatoms. The third-order valence-electron chi connectivity index (χ3n) is 6.37. The molecule has 35 heavy (non-hydrogen) atoms. The maximum Gasteiger partial charge on any atom is 0.134 e. The van der Waals surface area contributed by atoms with E-state index in [4.69, 9.17) is 16.0 Å². The van der Waals surface area contributed by atoms with Crippen LogP contribution in [0.4, 0.5) is 11.4 Å². The van der Waals surface area contributed by atoms with E-state index in [9.17, 15) is 10.4 Å². The van der Waals surface area contributed by atoms with E-state index < -0.39 is 0 Å². The van der Waals surface area contributed by atoms with E-state index in [1.807, 2.05) is 49.4 Å². The summed E-state index contributed by atoms with van der Waals surface area (Å²) in [5.41, 5.74) is 4.49. The van der Waals surface area contributed by atoms with Gasteiger partial charge in [-0.3, -0.25) is 9.88 Å². The first-order valence-electron chi connectivity index (χ1n) is 11.5. The highest BCUT2D eigenvalue weighted by atomic mass is 79.9. The molecule has 0 spiro atoms. The summed E-state index contributed by atoms with van der Waals surface area (Å²) in [6, 6.07) is 15.9. The number of aryl methyl sites for hydroxylation is 1. The number of likely N-dealkylation sites (tertiary alicyclic amines) is 1. The highest BCUT2D eigenvalue weighted by Crippen LogP contribution is 2.37. The third kappa shape index (κ3) is 5.07. The van der Waals surface area contributed by atoms with Crippen LogP contribution in [0.1, 0.15) is 29.7 Å². The molecule has 2 N–H and O–H groups in total. The van der Waals surface area contributed by atoms with Crippen molar-refractivity contribution in [3.8, 4) is 17.4 Å². The summed E-state index contributed by atoms with van der Waals surface area (Å²) < 4.78 is 7.03. The summed E-state index contributed by atoms with van der Waals surface area (Å²) in [5.74, 6) is 1.67. The largest absolute Gasteiger partial charge is 0.460 e. The second-order valence-corrected chi connectivity index (χ2v) is 10.2. The van der Waals surface area contributed by atoms with Crippen LogP contribution in [0.2, 0.25) is 5.02 Å². The molecule has 5 rings (SSSR count). The number of piperidine rings is 1. The van der Waals surface area contributed by atoms with Gasteiger partial charge in [0.15, 0.2) is 0 Å². The Morgan fingerprint density at radius 1 is 1.20 bits per heavy atom. The SMILES string of the molecule is Cc1cc(Br)cc(Cl)c1Nc1c(C#N)cnc2cc(-c3ccc(CN4CCC(O)CC4)o3)ccc12. The van der Waals surface area contributed by atoms with Gasteiger partial charge in [0, 0.05) is 34.7 Å². The van der Waals surface area contributed by atoms with Crippen molar-refractivity contribution >= 4 is 49.8 Å². The third-order valence-corrected chi connectivity index (χ3v) is 7.13. The lowest BCUT2D eigenvalue weighted by Crippen LogP contribution is -2.35. The number of hydrogen-bond donors (Lipinski definition) is 2. The molecule has 1 aliphatic rings. The van der Waals surface area contributed by atoms with Crippen molar-refractivity contribution in [1.82, 2.24) is 9.88 Å². The zero-order valence-corrected chi connectivity index (χ0v) is 21.5. The number of fused-ring (bicyclic) bond motifs is 1. The molecule has 2 aromatic carbocycles. The Labute approximate surface area is 217 Å². The van der Waals surface area contributed by atoms with Crippen LogP contribution in [0.5, 0.6) is 0 Å². The number of aliphatic hydroxyl groups excluding tert-OH is 1. The van der Waals surface area contributed by atoms with Crippen molar-refractivity contribution < 1.29 is 9.52 Å². The minimum atomic E-state index is -0.187. The summed E-state index contributed by atoms with van der Waals surface area (Å²) in [6.45, 7) is 4.43. The monoisotopic (exact) mass is 550 g/mol. The molecule has 1 aliphatic heterocycles. The number of nitrogens with one attached hydrogen (secondary N) is 1. The van der Waals surface area contributed by atoms with Crippen molar-refractivity contribution in [2.24, 2.45) is 0 Å². The fourth-order valence-electron chi connectivity index (χ4n) is 4.47. The Kier molecular flexibility index (Phi) is 6.81. The zero-order valence-electron chi connectivity index (χ0n) is 19.2. The number of rotatable bonds is 5. The Morgan fingerprint density at radius 3 is 2.74 bits per heavy atom. The first-order valence-corrected chi connectivity index (χ1v) is 12.6. The predicted molar refractivity (Wildman–Crippen MR) is 142 cm³/mol. The number of nitriles is 1. The Balaban J connectivity index is 1.45. The normalized spacial score (nSPS) is 14.8. The van der Waals surface area contributed by atoms with Crippen molar-refractivity contribution in [2.45, 2.75) is 32.4 Å². The fraction of sp³-hybridized carbons (Fsp3) is 0.259. The average molecular weight is 552 g/mol. The van der Waals surface area contributed by atoms with Crippen LogP contribution < -0.4 is 5.32 Å². The molecule has 6 nitrogen and oxygen atoms in total. The molecule has 1 fully saturated rings. The van der Waals surface area contributed by atoms with E-state index in [1.165, 1.54) is 0 Å². The van der Waals surface area contributed by atoms with Crippen LogP contribution in [0.3, 0.4) is 0 Å². The fourth-order valence-corrected chi connectivity index (χ4v) is 5.49. The van der Waals surface area contributed by atoms with Crippen molar-refractivity contribution in [2.75, 3.05) is 18.4 Å². The van der Waals surface area contributed by atoms with Crippen LogP contribution in [0, 0.1) is 18.3 Å². The van der Waals surface area contributed by atoms with E-state index in [-0.39, 0.29) is 6.10 Å². The van der Waals surface area contributed by atoms with Gasteiger partial charge in [0.05, 0.1) is 40.1 Å². The van der Waals surface area contributed by atoms with Crippen LogP contribution in [0.15, 0.2) is 57.6 Å². The van der Waals surface area contributed by atoms with Gasteiger partial charge in [-0.25, -0.2) is 0 Å². The number of hydrogen-bond acceptors (Lipinski definition) is 6. The molecule has 0 amide bonds. The standard InChI is InChI=1S/C27H24BrClN4O2/c1-16-10-19(28)12-23(29)26(16)32-27-18(13-30)14-31-24-11-17(2-4-22(24)27)25-5-3-21(35-25)15-33-8-6-20(34)7-9-33/h2-5,10-12,14,20,34H,6-9,15H2,1H3,(H,31,32). The van der Waals surface area contributed by atoms with Crippen molar-refractivity contribution in [3.63, 3.8) is 0 Å². The Bertz CT molecular complexity index is 1410. The van der Waals surface area contributed by atoms with E-state index >= 15 is 0 Å². The Hall–Kier alpha value is -2.89. The van der Waals surface area contributed by atoms with Crippen molar-refractivity contribution in [3.05, 3.63) is 75.0 Å². The first-order chi connectivity index (χ1) is 16.9. The number of aromatic nitrogens is 1. The van der Waals surface area contributed by atoms with Gasteiger partial charge in [-0.15, -0.1) is 0 Å². The average Bonchev–Trinajstić information content (AvgIpc) is 3.31. The summed E-state index contributed by atoms with van der Waals surface area (Å²) in [5, 5.41) is 24.2. The number of anilines is 2. The van der Waals surface area contributed by atoms with Gasteiger partial charge in [0.1, 0.15) is 17.6 Å². The van der Waals surface area contributed by atoms with Crippen LogP contribution >= 0.6 is 27.5 Å². The highest BCUT2D eigenvalue weighted by molar-refractivity contribution is 9.10. The second kappa shape index (κ2) is 10.00. The van der Waals surface area contributed by atoms with Crippen LogP contribution in [0.25, 0.3) is 22.2 Å². The molecule has 0 saturated carbocycles. The number of aliphatic hydroxyl groups is 1. The molecule has 4 aromatic rings. The molecular formula is C27H24BrClN4O2. The topological polar surface area (TPSA) is 85.3 Å². The summed E-state index contributed by atoms with van der Waals surface area (Å²) in [7, 11) is 0. The smallest absolute Gasteiger partial charge is 0.134 e. The summed E-state index contributed by atoms with van der Waals surface area (Å²) >= 11 is 9.96. The maximum atomic E-state index is 9.72. The number of nitrogens with zero attached hydrogens (tertiary/aromatic N) is 3. The maximum absolute atomic E-state index is 9.72. The van der Waals surface area contributed by atoms with Gasteiger partial charge in [-0.1, -0.05) is 33.6 Å². The van der Waals surface area contributed by atoms with Gasteiger partial charge in [0.2, 0.25) is 0 Å². The minimum Gasteiger partial charge on any atom is -0.460 e. The lowest BCUT2D eigenvalue weighted by molar-refractivity contribution is 0.0761. The number of halogens is 2. The molecule has 178 valence electrons. The van der Waals surface area contributed by atoms with Gasteiger partial charge < -0.3 is 14.8 Å². The van der Waals surface area contributed by atoms with E-state index in [2.05, 4.69) is 37.2 Å². The molecular weight excluding hydrogens is 528 g/mol. The van der Waals surface area contributed by atoms with E-state index in [0.29, 0.717) is 16.3 Å².